The van der Waals surface area contributed by atoms with E-state index in [2.05, 4.69) is 20.8 Å². The molecule has 0 spiro atoms. The van der Waals surface area contributed by atoms with Gasteiger partial charge in [0.15, 0.2) is 0 Å². The highest BCUT2D eigenvalue weighted by atomic mass is 16.3. The van der Waals surface area contributed by atoms with Gasteiger partial charge >= 0.3 is 0 Å². The van der Waals surface area contributed by atoms with Crippen molar-refractivity contribution >= 4 is 0 Å². The standard InChI is InChI=1S/C15H30O/c1-4-5-6-7-10-15(16)11-8-9-14(12-15)13(2)3/h13-14,16H,4-12H2,1-3H3. The van der Waals surface area contributed by atoms with Crippen LogP contribution in [0.25, 0.3) is 0 Å². The van der Waals surface area contributed by atoms with Crippen molar-refractivity contribution in [1.82, 2.24) is 0 Å². The molecule has 0 heterocycles. The van der Waals surface area contributed by atoms with Crippen LogP contribution in [-0.2, 0) is 0 Å². The van der Waals surface area contributed by atoms with Crippen LogP contribution in [0.2, 0.25) is 0 Å². The number of hydrogen-bond acceptors (Lipinski definition) is 1. The minimum absolute atomic E-state index is 0.319. The third-order valence-corrected chi connectivity index (χ3v) is 4.30. The van der Waals surface area contributed by atoms with Crippen LogP contribution in [0.4, 0.5) is 0 Å². The number of unbranched alkanes of at least 4 members (excludes halogenated alkanes) is 3. The maximum atomic E-state index is 10.6. The Kier molecular flexibility index (Phi) is 5.82. The highest BCUT2D eigenvalue weighted by molar-refractivity contribution is 4.87. The average molecular weight is 226 g/mol. The van der Waals surface area contributed by atoms with Crippen LogP contribution in [0, 0.1) is 11.8 Å². The first-order valence-corrected chi connectivity index (χ1v) is 7.30. The Hall–Kier alpha value is -0.0400. The van der Waals surface area contributed by atoms with E-state index in [1.54, 1.807) is 0 Å². The largest absolute Gasteiger partial charge is 0.390 e. The second-order valence-electron chi connectivity index (χ2n) is 6.14. The van der Waals surface area contributed by atoms with E-state index in [0.29, 0.717) is 0 Å². The third kappa shape index (κ3) is 4.45. The number of aliphatic hydroxyl groups is 1. The molecule has 1 fully saturated rings. The zero-order valence-electron chi connectivity index (χ0n) is 11.5. The normalized spacial score (nSPS) is 30.9. The first-order valence-electron chi connectivity index (χ1n) is 7.30. The van der Waals surface area contributed by atoms with Crippen molar-refractivity contribution in [3.8, 4) is 0 Å². The first-order chi connectivity index (χ1) is 7.57. The molecule has 96 valence electrons. The molecule has 1 aliphatic rings. The summed E-state index contributed by atoms with van der Waals surface area (Å²) in [6.45, 7) is 6.84. The predicted molar refractivity (Wildman–Crippen MR) is 70.5 cm³/mol. The second-order valence-corrected chi connectivity index (χ2v) is 6.14. The fourth-order valence-corrected chi connectivity index (χ4v) is 3.06. The molecule has 16 heavy (non-hydrogen) atoms. The van der Waals surface area contributed by atoms with E-state index in [-0.39, 0.29) is 5.60 Å². The van der Waals surface area contributed by atoms with Crippen LogP contribution in [0.15, 0.2) is 0 Å². The van der Waals surface area contributed by atoms with E-state index in [1.807, 2.05) is 0 Å². The third-order valence-electron chi connectivity index (χ3n) is 4.30. The van der Waals surface area contributed by atoms with E-state index in [4.69, 9.17) is 0 Å². The molecule has 1 rings (SSSR count). The molecule has 1 N–H and O–H groups in total. The molecule has 0 aromatic rings. The van der Waals surface area contributed by atoms with E-state index in [0.717, 1.165) is 31.1 Å². The second kappa shape index (κ2) is 6.64. The van der Waals surface area contributed by atoms with Gasteiger partial charge < -0.3 is 5.11 Å². The molecule has 2 unspecified atom stereocenters. The fourth-order valence-electron chi connectivity index (χ4n) is 3.06. The van der Waals surface area contributed by atoms with Crippen LogP contribution in [0.3, 0.4) is 0 Å². The minimum Gasteiger partial charge on any atom is -0.390 e. The van der Waals surface area contributed by atoms with E-state index in [1.165, 1.54) is 38.5 Å². The van der Waals surface area contributed by atoms with Crippen LogP contribution in [-0.4, -0.2) is 10.7 Å². The molecule has 0 aromatic heterocycles. The van der Waals surface area contributed by atoms with Crippen molar-refractivity contribution < 1.29 is 5.11 Å². The van der Waals surface area contributed by atoms with Gasteiger partial charge in [0.05, 0.1) is 5.60 Å². The van der Waals surface area contributed by atoms with Gasteiger partial charge in [-0.2, -0.15) is 0 Å². The highest BCUT2D eigenvalue weighted by Crippen LogP contribution is 2.39. The maximum absolute atomic E-state index is 10.6. The van der Waals surface area contributed by atoms with Gasteiger partial charge in [0.25, 0.3) is 0 Å². The van der Waals surface area contributed by atoms with Gasteiger partial charge in [-0.05, 0) is 37.5 Å². The Morgan fingerprint density at radius 2 is 2.00 bits per heavy atom. The predicted octanol–water partition coefficient (Wildman–Crippen LogP) is 4.53. The van der Waals surface area contributed by atoms with Crippen LogP contribution in [0.5, 0.6) is 0 Å². The molecule has 0 saturated heterocycles. The molecule has 1 saturated carbocycles. The lowest BCUT2D eigenvalue weighted by atomic mass is 9.72. The molecule has 0 aliphatic heterocycles. The molecule has 0 radical (unpaired) electrons. The number of hydrogen-bond donors (Lipinski definition) is 1. The summed E-state index contributed by atoms with van der Waals surface area (Å²) in [6, 6.07) is 0. The molecular formula is C15H30O. The van der Waals surface area contributed by atoms with Crippen molar-refractivity contribution in [2.45, 2.75) is 84.2 Å². The lowest BCUT2D eigenvalue weighted by molar-refractivity contribution is -0.0328. The Balaban J connectivity index is 2.31. The average Bonchev–Trinajstić information content (AvgIpc) is 2.24. The summed E-state index contributed by atoms with van der Waals surface area (Å²) in [5.74, 6) is 1.49. The summed E-state index contributed by atoms with van der Waals surface area (Å²) in [5.41, 5.74) is -0.319. The van der Waals surface area contributed by atoms with Crippen molar-refractivity contribution in [1.29, 1.82) is 0 Å². The topological polar surface area (TPSA) is 20.2 Å². The van der Waals surface area contributed by atoms with Gasteiger partial charge in [-0.25, -0.2) is 0 Å². The van der Waals surface area contributed by atoms with Crippen molar-refractivity contribution in [3.05, 3.63) is 0 Å². The summed E-state index contributed by atoms with van der Waals surface area (Å²) >= 11 is 0. The Bertz CT molecular complexity index is 188. The Morgan fingerprint density at radius 1 is 1.25 bits per heavy atom. The number of rotatable bonds is 6. The monoisotopic (exact) mass is 226 g/mol. The molecular weight excluding hydrogens is 196 g/mol. The van der Waals surface area contributed by atoms with Gasteiger partial charge in [0.1, 0.15) is 0 Å². The van der Waals surface area contributed by atoms with Gasteiger partial charge in [-0.1, -0.05) is 52.9 Å². The molecule has 1 nitrogen and oxygen atoms in total. The molecule has 0 amide bonds. The fraction of sp³-hybridized carbons (Fsp3) is 1.00. The van der Waals surface area contributed by atoms with E-state index < -0.39 is 0 Å². The SMILES string of the molecule is CCCCCCC1(O)CCCC(C(C)C)C1. The Labute approximate surface area is 102 Å². The summed E-state index contributed by atoms with van der Waals surface area (Å²) < 4.78 is 0. The van der Waals surface area contributed by atoms with Gasteiger partial charge in [-0.3, -0.25) is 0 Å². The quantitative estimate of drug-likeness (QED) is 0.660. The van der Waals surface area contributed by atoms with Crippen LogP contribution >= 0.6 is 0 Å². The van der Waals surface area contributed by atoms with Crippen LogP contribution in [0.1, 0.15) is 78.6 Å². The molecule has 1 heteroatoms. The molecule has 0 aromatic carbocycles. The zero-order valence-corrected chi connectivity index (χ0v) is 11.5. The van der Waals surface area contributed by atoms with Gasteiger partial charge in [0.2, 0.25) is 0 Å². The van der Waals surface area contributed by atoms with E-state index in [9.17, 15) is 5.11 Å². The first kappa shape index (κ1) is 14.0. The Morgan fingerprint density at radius 3 is 2.62 bits per heavy atom. The van der Waals surface area contributed by atoms with Gasteiger partial charge in [0, 0.05) is 0 Å². The highest BCUT2D eigenvalue weighted by Gasteiger charge is 2.34. The van der Waals surface area contributed by atoms with Crippen LogP contribution < -0.4 is 0 Å². The smallest absolute Gasteiger partial charge is 0.0650 e. The lowest BCUT2D eigenvalue weighted by Gasteiger charge is -2.38. The maximum Gasteiger partial charge on any atom is 0.0650 e. The van der Waals surface area contributed by atoms with Gasteiger partial charge in [-0.15, -0.1) is 0 Å². The molecule has 0 bridgehead atoms. The van der Waals surface area contributed by atoms with Crippen molar-refractivity contribution in [2.24, 2.45) is 11.8 Å². The molecule has 1 aliphatic carbocycles. The van der Waals surface area contributed by atoms with E-state index >= 15 is 0 Å². The lowest BCUT2D eigenvalue weighted by Crippen LogP contribution is -2.36. The summed E-state index contributed by atoms with van der Waals surface area (Å²) in [5, 5.41) is 10.6. The zero-order chi connectivity index (χ0) is 12.0. The van der Waals surface area contributed by atoms with Crippen molar-refractivity contribution in [2.75, 3.05) is 0 Å². The summed E-state index contributed by atoms with van der Waals surface area (Å²) in [6.07, 6.45) is 10.8. The minimum atomic E-state index is -0.319. The summed E-state index contributed by atoms with van der Waals surface area (Å²) in [4.78, 5) is 0. The van der Waals surface area contributed by atoms with Crippen molar-refractivity contribution in [3.63, 3.8) is 0 Å². The molecule has 2 atom stereocenters. The summed E-state index contributed by atoms with van der Waals surface area (Å²) in [7, 11) is 0.